The maximum absolute atomic E-state index is 13.1. The lowest BCUT2D eigenvalue weighted by Gasteiger charge is -2.10. The number of hydrogen-bond donors (Lipinski definition) is 1. The molecule has 0 bridgehead atoms. The summed E-state index contributed by atoms with van der Waals surface area (Å²) >= 11 is 5.90. The van der Waals surface area contributed by atoms with Crippen molar-refractivity contribution in [3.8, 4) is 11.3 Å². The Labute approximate surface area is 160 Å². The molecule has 1 amide bonds. The molecule has 0 saturated carbocycles. The molecule has 1 N–H and O–H groups in total. The summed E-state index contributed by atoms with van der Waals surface area (Å²) in [7, 11) is 0. The Hall–Kier alpha value is -3.33. The molecule has 144 valence electrons. The minimum atomic E-state index is -4.59. The monoisotopic (exact) mass is 410 g/mol. The predicted molar refractivity (Wildman–Crippen MR) is 95.2 cm³/mol. The first kappa shape index (κ1) is 19.4. The second-order valence-electron chi connectivity index (χ2n) is 5.58. The normalized spacial score (nSPS) is 11.3. The van der Waals surface area contributed by atoms with Crippen molar-refractivity contribution < 1.29 is 27.3 Å². The first-order valence-corrected chi connectivity index (χ1v) is 8.06. The molecule has 0 unspecified atom stereocenters. The van der Waals surface area contributed by atoms with Crippen LogP contribution in [0.3, 0.4) is 0 Å². The number of carbonyl (C=O) groups is 1. The zero-order chi connectivity index (χ0) is 20.5. The molecule has 0 radical (unpaired) electrons. The summed E-state index contributed by atoms with van der Waals surface area (Å²) in [6.45, 7) is 0. The molecule has 6 nitrogen and oxygen atoms in total. The minimum absolute atomic E-state index is 0.0725. The predicted octanol–water partition coefficient (Wildman–Crippen LogP) is 5.78. The van der Waals surface area contributed by atoms with E-state index in [0.29, 0.717) is 0 Å². The number of furan rings is 1. The van der Waals surface area contributed by atoms with Crippen molar-refractivity contribution in [1.82, 2.24) is 0 Å². The number of alkyl halides is 3. The van der Waals surface area contributed by atoms with E-state index in [1.807, 2.05) is 0 Å². The number of rotatable bonds is 4. The van der Waals surface area contributed by atoms with Crippen LogP contribution in [0.1, 0.15) is 16.1 Å². The molecule has 2 aromatic carbocycles. The second kappa shape index (κ2) is 7.35. The van der Waals surface area contributed by atoms with Gasteiger partial charge in [0.15, 0.2) is 5.76 Å². The summed E-state index contributed by atoms with van der Waals surface area (Å²) in [6.07, 6.45) is -4.59. The van der Waals surface area contributed by atoms with Crippen LogP contribution >= 0.6 is 11.6 Å². The lowest BCUT2D eigenvalue weighted by Crippen LogP contribution is -2.11. The van der Waals surface area contributed by atoms with E-state index in [1.54, 1.807) is 0 Å². The number of carbonyl (C=O) groups excluding carboxylic acids is 1. The van der Waals surface area contributed by atoms with Gasteiger partial charge in [-0.2, -0.15) is 13.2 Å². The topological polar surface area (TPSA) is 85.4 Å². The Kier molecular flexibility index (Phi) is 5.10. The number of nitro groups is 1. The van der Waals surface area contributed by atoms with Crippen LogP contribution in [0.5, 0.6) is 0 Å². The summed E-state index contributed by atoms with van der Waals surface area (Å²) in [4.78, 5) is 22.4. The van der Waals surface area contributed by atoms with Crippen molar-refractivity contribution >= 4 is 28.9 Å². The molecular weight excluding hydrogens is 401 g/mol. The van der Waals surface area contributed by atoms with Crippen LogP contribution in [0, 0.1) is 10.1 Å². The molecule has 0 spiro atoms. The van der Waals surface area contributed by atoms with Gasteiger partial charge in [0, 0.05) is 17.7 Å². The quantitative estimate of drug-likeness (QED) is 0.436. The third-order valence-corrected chi connectivity index (χ3v) is 4.05. The fourth-order valence-electron chi connectivity index (χ4n) is 2.45. The van der Waals surface area contributed by atoms with E-state index in [-0.39, 0.29) is 33.5 Å². The third-order valence-electron chi connectivity index (χ3n) is 3.74. The van der Waals surface area contributed by atoms with Gasteiger partial charge in [-0.3, -0.25) is 14.9 Å². The Balaban J connectivity index is 1.85. The summed E-state index contributed by atoms with van der Waals surface area (Å²) < 4.78 is 44.7. The molecule has 1 aromatic heterocycles. The van der Waals surface area contributed by atoms with Gasteiger partial charge in [-0.25, -0.2) is 0 Å². The Morgan fingerprint density at radius 1 is 1.11 bits per heavy atom. The maximum Gasteiger partial charge on any atom is 0.417 e. The van der Waals surface area contributed by atoms with Crippen molar-refractivity contribution in [3.05, 3.63) is 81.1 Å². The van der Waals surface area contributed by atoms with Crippen LogP contribution in [-0.2, 0) is 6.18 Å². The van der Waals surface area contributed by atoms with E-state index in [9.17, 15) is 28.1 Å². The van der Waals surface area contributed by atoms with Gasteiger partial charge in [0.2, 0.25) is 0 Å². The van der Waals surface area contributed by atoms with Crippen molar-refractivity contribution in [3.63, 3.8) is 0 Å². The molecular formula is C18H10ClF3N2O4. The number of hydrogen-bond acceptors (Lipinski definition) is 4. The highest BCUT2D eigenvalue weighted by Gasteiger charge is 2.34. The van der Waals surface area contributed by atoms with E-state index in [1.165, 1.54) is 36.4 Å². The molecule has 3 aromatic rings. The number of benzene rings is 2. The average molecular weight is 411 g/mol. The fraction of sp³-hybridized carbons (Fsp3) is 0.0556. The minimum Gasteiger partial charge on any atom is -0.451 e. The number of halogens is 4. The van der Waals surface area contributed by atoms with Gasteiger partial charge >= 0.3 is 6.18 Å². The molecule has 0 atom stereocenters. The summed E-state index contributed by atoms with van der Waals surface area (Å²) in [6, 6.07) is 10.7. The molecule has 0 aliphatic heterocycles. The van der Waals surface area contributed by atoms with Crippen LogP contribution in [0.2, 0.25) is 5.02 Å². The molecule has 0 saturated heterocycles. The fourth-order valence-corrected chi connectivity index (χ4v) is 2.67. The highest BCUT2D eigenvalue weighted by atomic mass is 35.5. The lowest BCUT2D eigenvalue weighted by atomic mass is 10.1. The number of nitro benzene ring substituents is 1. The van der Waals surface area contributed by atoms with E-state index >= 15 is 0 Å². The molecule has 10 heteroatoms. The highest BCUT2D eigenvalue weighted by molar-refractivity contribution is 6.34. The number of anilines is 1. The molecule has 1 heterocycles. The largest absolute Gasteiger partial charge is 0.451 e. The smallest absolute Gasteiger partial charge is 0.417 e. The van der Waals surface area contributed by atoms with Crippen LogP contribution in [0.15, 0.2) is 59.0 Å². The summed E-state index contributed by atoms with van der Waals surface area (Å²) in [5, 5.41) is 13.0. The lowest BCUT2D eigenvalue weighted by molar-refractivity contribution is -0.384. The Morgan fingerprint density at radius 2 is 1.82 bits per heavy atom. The number of amides is 1. The van der Waals surface area contributed by atoms with Gasteiger partial charge in [0.25, 0.3) is 11.6 Å². The van der Waals surface area contributed by atoms with Gasteiger partial charge in [-0.15, -0.1) is 0 Å². The summed E-state index contributed by atoms with van der Waals surface area (Å²) in [5.41, 5.74) is -1.27. The maximum atomic E-state index is 13.1. The van der Waals surface area contributed by atoms with Gasteiger partial charge in [0.1, 0.15) is 5.76 Å². The zero-order valence-corrected chi connectivity index (χ0v) is 14.5. The van der Waals surface area contributed by atoms with Crippen LogP contribution in [0.4, 0.5) is 24.5 Å². The first-order chi connectivity index (χ1) is 13.2. The Morgan fingerprint density at radius 3 is 2.46 bits per heavy atom. The Bertz CT molecular complexity index is 1060. The van der Waals surface area contributed by atoms with Crippen molar-refractivity contribution in [2.75, 3.05) is 5.32 Å². The van der Waals surface area contributed by atoms with Crippen LogP contribution in [0.25, 0.3) is 11.3 Å². The molecule has 0 aliphatic carbocycles. The molecule has 28 heavy (non-hydrogen) atoms. The van der Waals surface area contributed by atoms with E-state index < -0.39 is 22.6 Å². The van der Waals surface area contributed by atoms with Gasteiger partial charge in [0.05, 0.1) is 21.2 Å². The molecule has 3 rings (SSSR count). The number of non-ortho nitro benzene ring substituents is 1. The van der Waals surface area contributed by atoms with Crippen molar-refractivity contribution in [1.29, 1.82) is 0 Å². The average Bonchev–Trinajstić information content (AvgIpc) is 3.12. The van der Waals surface area contributed by atoms with E-state index in [2.05, 4.69) is 5.32 Å². The van der Waals surface area contributed by atoms with E-state index in [4.69, 9.17) is 16.0 Å². The van der Waals surface area contributed by atoms with Crippen LogP contribution in [-0.4, -0.2) is 10.8 Å². The van der Waals surface area contributed by atoms with Crippen LogP contribution < -0.4 is 5.32 Å². The number of nitrogens with zero attached hydrogens (tertiary/aromatic N) is 1. The number of nitrogens with one attached hydrogen (secondary N) is 1. The zero-order valence-electron chi connectivity index (χ0n) is 13.8. The standard InChI is InChI=1S/C18H10ClF3N2O4/c19-13-9-10(24(26)27)5-6-14(13)23-17(25)16-8-7-15(28-16)11-3-1-2-4-12(11)18(20,21)22/h1-9H,(H,23,25). The van der Waals surface area contributed by atoms with Gasteiger partial charge in [-0.1, -0.05) is 29.8 Å². The van der Waals surface area contributed by atoms with Gasteiger partial charge in [-0.05, 0) is 24.3 Å². The second-order valence-corrected chi connectivity index (χ2v) is 5.99. The molecule has 0 fully saturated rings. The van der Waals surface area contributed by atoms with Crippen molar-refractivity contribution in [2.24, 2.45) is 0 Å². The van der Waals surface area contributed by atoms with E-state index in [0.717, 1.165) is 18.2 Å². The molecule has 0 aliphatic rings. The SMILES string of the molecule is O=C(Nc1ccc([N+](=O)[O-])cc1Cl)c1ccc(-c2ccccc2C(F)(F)F)o1. The highest BCUT2D eigenvalue weighted by Crippen LogP contribution is 2.37. The van der Waals surface area contributed by atoms with Gasteiger partial charge < -0.3 is 9.73 Å². The third kappa shape index (κ3) is 3.99. The van der Waals surface area contributed by atoms with Crippen molar-refractivity contribution in [2.45, 2.75) is 6.18 Å². The first-order valence-electron chi connectivity index (χ1n) is 7.68. The summed E-state index contributed by atoms with van der Waals surface area (Å²) in [5.74, 6) is -1.15.